The number of hydrogen-bond acceptors (Lipinski definition) is 3. The lowest BCUT2D eigenvalue weighted by atomic mass is 9.91. The van der Waals surface area contributed by atoms with Gasteiger partial charge in [0.25, 0.3) is 0 Å². The SMILES string of the molecule is C=C[C@H](OC)[C@@H](O)[C@H](C)CC(C)C=O. The van der Waals surface area contributed by atoms with E-state index in [1.165, 1.54) is 7.11 Å². The summed E-state index contributed by atoms with van der Waals surface area (Å²) < 4.78 is 5.04. The summed E-state index contributed by atoms with van der Waals surface area (Å²) in [6.45, 7) is 7.32. The van der Waals surface area contributed by atoms with Gasteiger partial charge in [-0.2, -0.15) is 0 Å². The molecular formula is C11H20O3. The van der Waals surface area contributed by atoms with Gasteiger partial charge in [0, 0.05) is 13.0 Å². The maximum atomic E-state index is 10.4. The van der Waals surface area contributed by atoms with Crippen LogP contribution in [0.5, 0.6) is 0 Å². The molecule has 3 heteroatoms. The average molecular weight is 200 g/mol. The molecule has 4 atom stereocenters. The molecule has 0 radical (unpaired) electrons. The molecule has 0 heterocycles. The highest BCUT2D eigenvalue weighted by Crippen LogP contribution is 2.18. The average Bonchev–Trinajstić information content (AvgIpc) is 2.19. The summed E-state index contributed by atoms with van der Waals surface area (Å²) in [7, 11) is 1.53. The van der Waals surface area contributed by atoms with E-state index in [1.54, 1.807) is 6.08 Å². The fourth-order valence-electron chi connectivity index (χ4n) is 1.48. The van der Waals surface area contributed by atoms with Crippen LogP contribution in [0.2, 0.25) is 0 Å². The fraction of sp³-hybridized carbons (Fsp3) is 0.727. The van der Waals surface area contributed by atoms with E-state index in [0.29, 0.717) is 6.42 Å². The third-order valence-electron chi connectivity index (χ3n) is 2.40. The van der Waals surface area contributed by atoms with Crippen molar-refractivity contribution in [1.82, 2.24) is 0 Å². The van der Waals surface area contributed by atoms with Gasteiger partial charge < -0.3 is 14.6 Å². The number of carbonyl (C=O) groups is 1. The van der Waals surface area contributed by atoms with Gasteiger partial charge in [0.2, 0.25) is 0 Å². The van der Waals surface area contributed by atoms with E-state index in [-0.39, 0.29) is 17.9 Å². The van der Waals surface area contributed by atoms with Crippen molar-refractivity contribution in [3.63, 3.8) is 0 Å². The molecule has 0 bridgehead atoms. The van der Waals surface area contributed by atoms with Gasteiger partial charge >= 0.3 is 0 Å². The Balaban J connectivity index is 4.14. The van der Waals surface area contributed by atoms with E-state index < -0.39 is 6.10 Å². The molecule has 1 unspecified atom stereocenters. The zero-order valence-electron chi connectivity index (χ0n) is 9.14. The van der Waals surface area contributed by atoms with Crippen LogP contribution in [0.25, 0.3) is 0 Å². The maximum absolute atomic E-state index is 10.4. The summed E-state index contributed by atoms with van der Waals surface area (Å²) in [5.41, 5.74) is 0. The maximum Gasteiger partial charge on any atom is 0.122 e. The summed E-state index contributed by atoms with van der Waals surface area (Å²) in [5, 5.41) is 9.81. The van der Waals surface area contributed by atoms with Gasteiger partial charge in [0.1, 0.15) is 12.4 Å². The van der Waals surface area contributed by atoms with E-state index >= 15 is 0 Å². The molecule has 0 aromatic heterocycles. The number of rotatable bonds is 7. The van der Waals surface area contributed by atoms with Crippen LogP contribution in [0.3, 0.4) is 0 Å². The highest BCUT2D eigenvalue weighted by atomic mass is 16.5. The van der Waals surface area contributed by atoms with Gasteiger partial charge in [0.15, 0.2) is 0 Å². The highest BCUT2D eigenvalue weighted by Gasteiger charge is 2.23. The van der Waals surface area contributed by atoms with Crippen LogP contribution in [0.4, 0.5) is 0 Å². The normalized spacial score (nSPS) is 19.4. The second-order valence-electron chi connectivity index (χ2n) is 3.75. The smallest absolute Gasteiger partial charge is 0.122 e. The molecular weight excluding hydrogens is 180 g/mol. The van der Waals surface area contributed by atoms with E-state index in [9.17, 15) is 9.90 Å². The molecule has 0 aliphatic heterocycles. The van der Waals surface area contributed by atoms with Gasteiger partial charge in [-0.05, 0) is 12.3 Å². The zero-order valence-corrected chi connectivity index (χ0v) is 9.14. The van der Waals surface area contributed by atoms with Gasteiger partial charge in [-0.15, -0.1) is 6.58 Å². The molecule has 0 aliphatic rings. The Labute approximate surface area is 85.8 Å². The van der Waals surface area contributed by atoms with E-state index in [2.05, 4.69) is 6.58 Å². The second-order valence-corrected chi connectivity index (χ2v) is 3.75. The van der Waals surface area contributed by atoms with Crippen LogP contribution < -0.4 is 0 Å². The van der Waals surface area contributed by atoms with Crippen molar-refractivity contribution in [2.24, 2.45) is 11.8 Å². The standard InChI is InChI=1S/C11H20O3/c1-5-10(14-4)11(13)9(3)6-8(2)7-12/h5,7-11,13H,1,6H2,2-4H3/t8?,9-,10+,11+/m1/s1. The summed E-state index contributed by atoms with van der Waals surface area (Å²) in [6, 6.07) is 0. The number of aldehydes is 1. The topological polar surface area (TPSA) is 46.5 Å². The molecule has 0 aromatic rings. The molecule has 0 aliphatic carbocycles. The van der Waals surface area contributed by atoms with Gasteiger partial charge in [-0.1, -0.05) is 19.9 Å². The molecule has 14 heavy (non-hydrogen) atoms. The third kappa shape index (κ3) is 4.03. The van der Waals surface area contributed by atoms with Crippen LogP contribution in [0.1, 0.15) is 20.3 Å². The second kappa shape index (κ2) is 6.74. The van der Waals surface area contributed by atoms with Crippen LogP contribution >= 0.6 is 0 Å². The molecule has 82 valence electrons. The Bertz CT molecular complexity index is 179. The van der Waals surface area contributed by atoms with Gasteiger partial charge in [-0.25, -0.2) is 0 Å². The molecule has 3 nitrogen and oxygen atoms in total. The Kier molecular flexibility index (Phi) is 6.41. The summed E-state index contributed by atoms with van der Waals surface area (Å²) in [4.78, 5) is 10.4. The summed E-state index contributed by atoms with van der Waals surface area (Å²) in [5.74, 6) is 0.000112. The van der Waals surface area contributed by atoms with Crippen LogP contribution in [0, 0.1) is 11.8 Å². The minimum absolute atomic E-state index is 0.0260. The van der Waals surface area contributed by atoms with Crippen molar-refractivity contribution < 1.29 is 14.6 Å². The lowest BCUT2D eigenvalue weighted by molar-refractivity contribution is -0.111. The van der Waals surface area contributed by atoms with Crippen molar-refractivity contribution in [3.05, 3.63) is 12.7 Å². The molecule has 0 amide bonds. The lowest BCUT2D eigenvalue weighted by Gasteiger charge is -2.25. The molecule has 0 fully saturated rings. The number of hydrogen-bond donors (Lipinski definition) is 1. The van der Waals surface area contributed by atoms with Crippen LogP contribution in [-0.4, -0.2) is 30.7 Å². The first kappa shape index (κ1) is 13.3. The Morgan fingerprint density at radius 2 is 2.07 bits per heavy atom. The van der Waals surface area contributed by atoms with Crippen molar-refractivity contribution in [2.75, 3.05) is 7.11 Å². The zero-order chi connectivity index (χ0) is 11.1. The number of ether oxygens (including phenoxy) is 1. The van der Waals surface area contributed by atoms with Crippen molar-refractivity contribution in [2.45, 2.75) is 32.5 Å². The van der Waals surface area contributed by atoms with Crippen molar-refractivity contribution in [3.8, 4) is 0 Å². The predicted molar refractivity (Wildman–Crippen MR) is 56.0 cm³/mol. The van der Waals surface area contributed by atoms with Crippen molar-refractivity contribution >= 4 is 6.29 Å². The molecule has 0 rings (SSSR count). The van der Waals surface area contributed by atoms with Gasteiger partial charge in [-0.3, -0.25) is 0 Å². The largest absolute Gasteiger partial charge is 0.390 e. The number of methoxy groups -OCH3 is 1. The van der Waals surface area contributed by atoms with Gasteiger partial charge in [0.05, 0.1) is 6.10 Å². The summed E-state index contributed by atoms with van der Waals surface area (Å²) >= 11 is 0. The number of carbonyl (C=O) groups excluding carboxylic acids is 1. The first-order valence-corrected chi connectivity index (χ1v) is 4.85. The first-order chi connectivity index (χ1) is 6.56. The first-order valence-electron chi connectivity index (χ1n) is 4.85. The summed E-state index contributed by atoms with van der Waals surface area (Å²) in [6.07, 6.45) is 2.19. The minimum Gasteiger partial charge on any atom is -0.390 e. The van der Waals surface area contributed by atoms with Crippen LogP contribution in [0.15, 0.2) is 12.7 Å². The fourth-order valence-corrected chi connectivity index (χ4v) is 1.48. The monoisotopic (exact) mass is 200 g/mol. The van der Waals surface area contributed by atoms with E-state index in [1.807, 2.05) is 13.8 Å². The quantitative estimate of drug-likeness (QED) is 0.499. The Hall–Kier alpha value is -0.670. The highest BCUT2D eigenvalue weighted by molar-refractivity contribution is 5.52. The molecule has 0 saturated heterocycles. The van der Waals surface area contributed by atoms with E-state index in [0.717, 1.165) is 6.29 Å². The lowest BCUT2D eigenvalue weighted by Crippen LogP contribution is -2.33. The molecule has 0 aromatic carbocycles. The Morgan fingerprint density at radius 1 is 1.50 bits per heavy atom. The Morgan fingerprint density at radius 3 is 2.43 bits per heavy atom. The number of aliphatic hydroxyl groups is 1. The molecule has 0 saturated carbocycles. The third-order valence-corrected chi connectivity index (χ3v) is 2.40. The molecule has 0 spiro atoms. The van der Waals surface area contributed by atoms with Crippen molar-refractivity contribution in [1.29, 1.82) is 0 Å². The molecule has 1 N–H and O–H groups in total. The number of aliphatic hydroxyl groups excluding tert-OH is 1. The predicted octanol–water partition coefficient (Wildman–Crippen LogP) is 1.41. The van der Waals surface area contributed by atoms with Crippen LogP contribution in [-0.2, 0) is 9.53 Å². The minimum atomic E-state index is -0.597. The van der Waals surface area contributed by atoms with E-state index in [4.69, 9.17) is 4.74 Å².